The van der Waals surface area contributed by atoms with E-state index >= 15 is 0 Å². The van der Waals surface area contributed by atoms with Gasteiger partial charge < -0.3 is 5.32 Å². The Morgan fingerprint density at radius 1 is 0.895 bits per heavy atom. The summed E-state index contributed by atoms with van der Waals surface area (Å²) in [7, 11) is 0. The molecule has 0 saturated heterocycles. The number of nitrogens with one attached hydrogen (secondary N) is 1. The molecule has 5 heteroatoms. The molecule has 0 fully saturated rings. The number of anilines is 1. The van der Waals surface area contributed by atoms with Crippen molar-refractivity contribution in [3.63, 3.8) is 0 Å². The Kier molecular flexibility index (Phi) is 3.57. The molecule has 0 aliphatic carbocycles. The SMILES string of the molecule is Clc1cc(Cl)c(Cl)c(-c2ccc3c(c2)NCC3)c1Cl. The first-order valence-corrected chi connectivity index (χ1v) is 7.29. The standard InChI is InChI=1S/C14H9Cl4N/c15-9-6-10(16)14(18)12(13(9)17)8-2-1-7-3-4-19-11(7)5-8/h1-2,5-6,19H,3-4H2. The van der Waals surface area contributed by atoms with Crippen LogP contribution in [0.15, 0.2) is 24.3 Å². The fourth-order valence-corrected chi connectivity index (χ4v) is 3.30. The topological polar surface area (TPSA) is 12.0 Å². The van der Waals surface area contributed by atoms with E-state index in [1.54, 1.807) is 6.07 Å². The third kappa shape index (κ3) is 2.30. The molecule has 2 aromatic rings. The zero-order chi connectivity index (χ0) is 13.6. The molecule has 0 bridgehead atoms. The molecule has 0 aromatic heterocycles. The van der Waals surface area contributed by atoms with E-state index in [1.807, 2.05) is 12.1 Å². The molecule has 1 N–H and O–H groups in total. The van der Waals surface area contributed by atoms with E-state index in [4.69, 9.17) is 46.4 Å². The molecule has 0 radical (unpaired) electrons. The van der Waals surface area contributed by atoms with Crippen molar-refractivity contribution in [2.24, 2.45) is 0 Å². The predicted molar refractivity (Wildman–Crippen MR) is 84.1 cm³/mol. The van der Waals surface area contributed by atoms with Crippen LogP contribution in [0.2, 0.25) is 20.1 Å². The highest BCUT2D eigenvalue weighted by atomic mass is 35.5. The molecule has 1 heterocycles. The molecule has 0 amide bonds. The maximum atomic E-state index is 6.26. The van der Waals surface area contributed by atoms with Crippen LogP contribution in [-0.4, -0.2) is 6.54 Å². The van der Waals surface area contributed by atoms with Crippen molar-refractivity contribution >= 4 is 52.1 Å². The van der Waals surface area contributed by atoms with Gasteiger partial charge in [0.05, 0.1) is 20.1 Å². The lowest BCUT2D eigenvalue weighted by molar-refractivity contribution is 1.11. The van der Waals surface area contributed by atoms with Crippen LogP contribution in [0.1, 0.15) is 5.56 Å². The van der Waals surface area contributed by atoms with Crippen LogP contribution in [0, 0.1) is 0 Å². The summed E-state index contributed by atoms with van der Waals surface area (Å²) in [5.74, 6) is 0. The summed E-state index contributed by atoms with van der Waals surface area (Å²) in [6.45, 7) is 0.955. The van der Waals surface area contributed by atoms with Gasteiger partial charge >= 0.3 is 0 Å². The third-order valence-corrected chi connectivity index (χ3v) is 4.79. The van der Waals surface area contributed by atoms with Crippen LogP contribution in [0.5, 0.6) is 0 Å². The second kappa shape index (κ2) is 5.06. The molecule has 0 atom stereocenters. The highest BCUT2D eigenvalue weighted by molar-refractivity contribution is 6.50. The summed E-state index contributed by atoms with van der Waals surface area (Å²) in [4.78, 5) is 0. The zero-order valence-electron chi connectivity index (χ0n) is 9.74. The Morgan fingerprint density at radius 2 is 1.58 bits per heavy atom. The molecular weight excluding hydrogens is 324 g/mol. The van der Waals surface area contributed by atoms with Gasteiger partial charge in [0.1, 0.15) is 0 Å². The number of hydrogen-bond acceptors (Lipinski definition) is 1. The summed E-state index contributed by atoms with van der Waals surface area (Å²) in [5.41, 5.74) is 4.00. The maximum Gasteiger partial charge on any atom is 0.0686 e. The summed E-state index contributed by atoms with van der Waals surface area (Å²) < 4.78 is 0. The summed E-state index contributed by atoms with van der Waals surface area (Å²) in [6, 6.07) is 7.66. The largest absolute Gasteiger partial charge is 0.384 e. The van der Waals surface area contributed by atoms with Gasteiger partial charge in [-0.3, -0.25) is 0 Å². The molecule has 2 aromatic carbocycles. The van der Waals surface area contributed by atoms with Gasteiger partial charge in [0, 0.05) is 17.8 Å². The number of halogens is 4. The minimum atomic E-state index is 0.402. The summed E-state index contributed by atoms with van der Waals surface area (Å²) >= 11 is 24.7. The smallest absolute Gasteiger partial charge is 0.0686 e. The summed E-state index contributed by atoms with van der Waals surface area (Å²) in [5, 5.41) is 4.98. The van der Waals surface area contributed by atoms with Gasteiger partial charge in [-0.05, 0) is 29.7 Å². The number of hydrogen-bond donors (Lipinski definition) is 1. The lowest BCUT2D eigenvalue weighted by Crippen LogP contribution is -1.91. The Hall–Kier alpha value is -0.600. The van der Waals surface area contributed by atoms with Crippen LogP contribution in [-0.2, 0) is 6.42 Å². The second-order valence-electron chi connectivity index (χ2n) is 4.39. The fraction of sp³-hybridized carbons (Fsp3) is 0.143. The molecule has 0 saturated carbocycles. The number of benzene rings is 2. The van der Waals surface area contributed by atoms with Gasteiger partial charge in [-0.15, -0.1) is 0 Å². The van der Waals surface area contributed by atoms with Crippen molar-refractivity contribution < 1.29 is 0 Å². The Morgan fingerprint density at radius 3 is 2.26 bits per heavy atom. The molecule has 1 nitrogen and oxygen atoms in total. The van der Waals surface area contributed by atoms with Crippen LogP contribution in [0.3, 0.4) is 0 Å². The molecule has 0 unspecified atom stereocenters. The van der Waals surface area contributed by atoms with Gasteiger partial charge in [0.25, 0.3) is 0 Å². The van der Waals surface area contributed by atoms with Crippen LogP contribution in [0.25, 0.3) is 11.1 Å². The van der Waals surface area contributed by atoms with Gasteiger partial charge in [0.15, 0.2) is 0 Å². The van der Waals surface area contributed by atoms with Gasteiger partial charge in [-0.25, -0.2) is 0 Å². The molecular formula is C14H9Cl4N. The zero-order valence-corrected chi connectivity index (χ0v) is 12.8. The van der Waals surface area contributed by atoms with Crippen molar-refractivity contribution in [2.75, 3.05) is 11.9 Å². The Bertz CT molecular complexity index is 641. The Labute approximate surface area is 131 Å². The van der Waals surface area contributed by atoms with Crippen molar-refractivity contribution in [3.05, 3.63) is 49.9 Å². The number of fused-ring (bicyclic) bond motifs is 1. The van der Waals surface area contributed by atoms with Gasteiger partial charge in [0.2, 0.25) is 0 Å². The summed E-state index contributed by atoms with van der Waals surface area (Å²) in [6.07, 6.45) is 1.04. The van der Waals surface area contributed by atoms with E-state index < -0.39 is 0 Å². The van der Waals surface area contributed by atoms with Crippen LogP contribution >= 0.6 is 46.4 Å². The van der Waals surface area contributed by atoms with E-state index in [2.05, 4.69) is 11.4 Å². The quantitative estimate of drug-likeness (QED) is 0.637. The van der Waals surface area contributed by atoms with Crippen LogP contribution in [0.4, 0.5) is 5.69 Å². The lowest BCUT2D eigenvalue weighted by Gasteiger charge is -2.12. The lowest BCUT2D eigenvalue weighted by atomic mass is 10.0. The van der Waals surface area contributed by atoms with Gasteiger partial charge in [-0.1, -0.05) is 58.5 Å². The first-order chi connectivity index (χ1) is 9.08. The minimum absolute atomic E-state index is 0.402. The molecule has 1 aliphatic heterocycles. The molecule has 19 heavy (non-hydrogen) atoms. The fourth-order valence-electron chi connectivity index (χ4n) is 2.27. The van der Waals surface area contributed by atoms with Crippen molar-refractivity contribution in [1.29, 1.82) is 0 Å². The van der Waals surface area contributed by atoms with Crippen molar-refractivity contribution in [3.8, 4) is 11.1 Å². The maximum absolute atomic E-state index is 6.26. The first kappa shape index (κ1) is 13.4. The van der Waals surface area contributed by atoms with E-state index in [9.17, 15) is 0 Å². The first-order valence-electron chi connectivity index (χ1n) is 5.78. The average molecular weight is 333 g/mol. The third-order valence-electron chi connectivity index (χ3n) is 3.22. The normalized spacial score (nSPS) is 13.3. The van der Waals surface area contributed by atoms with Crippen LogP contribution < -0.4 is 5.32 Å². The van der Waals surface area contributed by atoms with Crippen molar-refractivity contribution in [2.45, 2.75) is 6.42 Å². The molecule has 98 valence electrons. The molecule has 1 aliphatic rings. The van der Waals surface area contributed by atoms with Gasteiger partial charge in [-0.2, -0.15) is 0 Å². The highest BCUT2D eigenvalue weighted by Gasteiger charge is 2.18. The Balaban J connectivity index is 2.22. The number of rotatable bonds is 1. The van der Waals surface area contributed by atoms with E-state index in [0.29, 0.717) is 25.7 Å². The predicted octanol–water partition coefficient (Wildman–Crippen LogP) is 5.94. The van der Waals surface area contributed by atoms with E-state index in [-0.39, 0.29) is 0 Å². The van der Waals surface area contributed by atoms with E-state index in [0.717, 1.165) is 24.2 Å². The average Bonchev–Trinajstić information content (AvgIpc) is 2.84. The monoisotopic (exact) mass is 331 g/mol. The minimum Gasteiger partial charge on any atom is -0.384 e. The highest BCUT2D eigenvalue weighted by Crippen LogP contribution is 2.44. The van der Waals surface area contributed by atoms with E-state index in [1.165, 1.54) is 5.56 Å². The molecule has 0 spiro atoms. The van der Waals surface area contributed by atoms with Crippen molar-refractivity contribution in [1.82, 2.24) is 0 Å². The molecule has 3 rings (SSSR count). The second-order valence-corrected chi connectivity index (χ2v) is 5.96.